The van der Waals surface area contributed by atoms with Gasteiger partial charge in [-0.3, -0.25) is 14.6 Å². The second-order valence-corrected chi connectivity index (χ2v) is 8.78. The molecule has 3 aromatic rings. The Balaban J connectivity index is 1.71. The van der Waals surface area contributed by atoms with Gasteiger partial charge in [-0.2, -0.15) is 0 Å². The predicted molar refractivity (Wildman–Crippen MR) is 120 cm³/mol. The molecular weight excluding hydrogens is 427 g/mol. The fraction of sp³-hybridized carbons (Fsp3) is 0.333. The van der Waals surface area contributed by atoms with Gasteiger partial charge in [0.15, 0.2) is 5.89 Å². The standard InChI is InChI=1S/C24H25FN4O4/c1-13-5-6-18(27-9-13)17-8-16-15(11-29(23(16)31)12-21(25)24(3,4)32)7-19(17)28-22(30)20-10-26-14(2)33-20/h5-10,21,32H,11-12H2,1-4H3,(H,28,30). The van der Waals surface area contributed by atoms with Crippen LogP contribution in [0.15, 0.2) is 41.1 Å². The van der Waals surface area contributed by atoms with Crippen molar-refractivity contribution >= 4 is 17.5 Å². The molecule has 1 aromatic carbocycles. The summed E-state index contributed by atoms with van der Waals surface area (Å²) in [6.45, 7) is 6.20. The molecule has 2 N–H and O–H groups in total. The van der Waals surface area contributed by atoms with Crippen LogP contribution in [0.4, 0.5) is 10.1 Å². The van der Waals surface area contributed by atoms with Crippen molar-refractivity contribution in [1.29, 1.82) is 0 Å². The van der Waals surface area contributed by atoms with E-state index < -0.39 is 17.7 Å². The van der Waals surface area contributed by atoms with E-state index in [2.05, 4.69) is 15.3 Å². The number of hydrogen-bond acceptors (Lipinski definition) is 6. The molecule has 0 bridgehead atoms. The van der Waals surface area contributed by atoms with Crippen LogP contribution in [0.3, 0.4) is 0 Å². The van der Waals surface area contributed by atoms with Gasteiger partial charge in [-0.05, 0) is 50.1 Å². The number of aromatic nitrogens is 2. The number of carbonyl (C=O) groups is 2. The zero-order valence-electron chi connectivity index (χ0n) is 18.8. The predicted octanol–water partition coefficient (Wildman–Crippen LogP) is 3.67. The maximum atomic E-state index is 14.5. The number of carbonyl (C=O) groups excluding carboxylic acids is 2. The number of anilines is 1. The zero-order valence-corrected chi connectivity index (χ0v) is 18.8. The first-order chi connectivity index (χ1) is 15.5. The molecule has 0 radical (unpaired) electrons. The summed E-state index contributed by atoms with van der Waals surface area (Å²) in [6.07, 6.45) is 1.42. The average Bonchev–Trinajstić information content (AvgIpc) is 3.31. The minimum Gasteiger partial charge on any atom is -0.436 e. The van der Waals surface area contributed by atoms with Gasteiger partial charge >= 0.3 is 0 Å². The SMILES string of the molecule is Cc1ccc(-c2cc3c(cc2NC(=O)c2cnc(C)o2)CN(CC(F)C(C)(C)O)C3=O)nc1. The van der Waals surface area contributed by atoms with Gasteiger partial charge in [-0.15, -0.1) is 0 Å². The number of rotatable bonds is 6. The number of nitrogens with zero attached hydrogens (tertiary/aromatic N) is 3. The molecular formula is C24H25FN4O4. The number of nitrogens with one attached hydrogen (secondary N) is 1. The van der Waals surface area contributed by atoms with Gasteiger partial charge in [-0.1, -0.05) is 6.07 Å². The van der Waals surface area contributed by atoms with Crippen LogP contribution in [0, 0.1) is 13.8 Å². The Morgan fingerprint density at radius 2 is 2.00 bits per heavy atom. The Morgan fingerprint density at radius 3 is 2.61 bits per heavy atom. The van der Waals surface area contributed by atoms with E-state index in [1.54, 1.807) is 31.3 Å². The quantitative estimate of drug-likeness (QED) is 0.591. The van der Waals surface area contributed by atoms with E-state index in [4.69, 9.17) is 4.42 Å². The minimum absolute atomic E-state index is 0.0546. The largest absolute Gasteiger partial charge is 0.436 e. The van der Waals surface area contributed by atoms with Crippen LogP contribution >= 0.6 is 0 Å². The first-order valence-corrected chi connectivity index (χ1v) is 10.5. The first-order valence-electron chi connectivity index (χ1n) is 10.5. The smallest absolute Gasteiger partial charge is 0.293 e. The van der Waals surface area contributed by atoms with Gasteiger partial charge in [0.1, 0.15) is 6.17 Å². The third-order valence-corrected chi connectivity index (χ3v) is 5.55. The lowest BCUT2D eigenvalue weighted by Crippen LogP contribution is -2.42. The van der Waals surface area contributed by atoms with Crippen molar-refractivity contribution < 1.29 is 23.5 Å². The van der Waals surface area contributed by atoms with E-state index in [0.717, 1.165) is 5.56 Å². The second kappa shape index (κ2) is 8.40. The minimum atomic E-state index is -1.61. The molecule has 4 rings (SSSR count). The van der Waals surface area contributed by atoms with Gasteiger partial charge in [0.05, 0.1) is 29.7 Å². The molecule has 172 valence electrons. The summed E-state index contributed by atoms with van der Waals surface area (Å²) in [6, 6.07) is 7.04. The van der Waals surface area contributed by atoms with Gasteiger partial charge in [0.2, 0.25) is 5.76 Å². The van der Waals surface area contributed by atoms with E-state index >= 15 is 0 Å². The maximum Gasteiger partial charge on any atom is 0.293 e. The molecule has 0 saturated heterocycles. The van der Waals surface area contributed by atoms with Gasteiger partial charge in [0, 0.05) is 30.8 Å². The third-order valence-electron chi connectivity index (χ3n) is 5.55. The Hall–Kier alpha value is -3.59. The fourth-order valence-corrected chi connectivity index (χ4v) is 3.58. The molecule has 2 amide bonds. The number of aliphatic hydroxyl groups is 1. The molecule has 1 aliphatic rings. The van der Waals surface area contributed by atoms with Crippen LogP contribution in [0.1, 0.15) is 51.8 Å². The number of oxazole rings is 1. The monoisotopic (exact) mass is 452 g/mol. The van der Waals surface area contributed by atoms with Crippen LogP contribution in [0.5, 0.6) is 0 Å². The molecule has 0 fully saturated rings. The van der Waals surface area contributed by atoms with Crippen molar-refractivity contribution in [1.82, 2.24) is 14.9 Å². The fourth-order valence-electron chi connectivity index (χ4n) is 3.58. The molecule has 0 spiro atoms. The summed E-state index contributed by atoms with van der Waals surface area (Å²) in [5.41, 5.74) is 2.00. The molecule has 2 aromatic heterocycles. The zero-order chi connectivity index (χ0) is 23.9. The number of halogens is 1. The van der Waals surface area contributed by atoms with Crippen LogP contribution in [0.25, 0.3) is 11.3 Å². The van der Waals surface area contributed by atoms with Gasteiger partial charge in [-0.25, -0.2) is 9.37 Å². The summed E-state index contributed by atoms with van der Waals surface area (Å²) in [5.74, 6) is -0.410. The lowest BCUT2D eigenvalue weighted by atomic mass is 10.0. The normalized spacial score (nSPS) is 14.4. The highest BCUT2D eigenvalue weighted by Crippen LogP contribution is 2.35. The van der Waals surface area contributed by atoms with Crippen LogP contribution < -0.4 is 5.32 Å². The molecule has 33 heavy (non-hydrogen) atoms. The third kappa shape index (κ3) is 4.63. The van der Waals surface area contributed by atoms with E-state index in [-0.39, 0.29) is 24.8 Å². The number of pyridine rings is 1. The number of benzene rings is 1. The summed E-state index contributed by atoms with van der Waals surface area (Å²) in [5, 5.41) is 12.8. The summed E-state index contributed by atoms with van der Waals surface area (Å²) in [7, 11) is 0. The highest BCUT2D eigenvalue weighted by Gasteiger charge is 2.35. The maximum absolute atomic E-state index is 14.5. The molecule has 1 aliphatic heterocycles. The van der Waals surface area contributed by atoms with E-state index in [0.29, 0.717) is 34.0 Å². The van der Waals surface area contributed by atoms with Crippen molar-refractivity contribution in [2.75, 3.05) is 11.9 Å². The Labute approximate surface area is 190 Å². The topological polar surface area (TPSA) is 109 Å². The summed E-state index contributed by atoms with van der Waals surface area (Å²) in [4.78, 5) is 35.5. The van der Waals surface area contributed by atoms with Gasteiger partial charge < -0.3 is 19.7 Å². The highest BCUT2D eigenvalue weighted by molar-refractivity contribution is 6.06. The van der Waals surface area contributed by atoms with Crippen molar-refractivity contribution in [2.24, 2.45) is 0 Å². The Bertz CT molecular complexity index is 1210. The lowest BCUT2D eigenvalue weighted by molar-refractivity contribution is -0.0159. The van der Waals surface area contributed by atoms with E-state index in [1.807, 2.05) is 13.0 Å². The molecule has 0 aliphatic carbocycles. The molecule has 1 unspecified atom stereocenters. The summed E-state index contributed by atoms with van der Waals surface area (Å²) >= 11 is 0. The number of amides is 2. The molecule has 0 saturated carbocycles. The Morgan fingerprint density at radius 1 is 1.24 bits per heavy atom. The van der Waals surface area contributed by atoms with Crippen molar-refractivity contribution in [3.05, 3.63) is 65.0 Å². The van der Waals surface area contributed by atoms with Gasteiger partial charge in [0.25, 0.3) is 11.8 Å². The van der Waals surface area contributed by atoms with Crippen molar-refractivity contribution in [3.8, 4) is 11.3 Å². The van der Waals surface area contributed by atoms with Crippen LogP contribution in [0.2, 0.25) is 0 Å². The van der Waals surface area contributed by atoms with Crippen molar-refractivity contribution in [3.63, 3.8) is 0 Å². The number of fused-ring (bicyclic) bond motifs is 1. The second-order valence-electron chi connectivity index (χ2n) is 8.78. The van der Waals surface area contributed by atoms with E-state index in [1.165, 1.54) is 24.9 Å². The Kier molecular flexibility index (Phi) is 5.75. The highest BCUT2D eigenvalue weighted by atomic mass is 19.1. The molecule has 3 heterocycles. The van der Waals surface area contributed by atoms with Crippen LogP contribution in [-0.2, 0) is 6.54 Å². The first kappa shape index (κ1) is 22.6. The van der Waals surface area contributed by atoms with Crippen molar-refractivity contribution in [2.45, 2.75) is 46.0 Å². The number of hydrogen-bond donors (Lipinski definition) is 2. The molecule has 9 heteroatoms. The summed E-state index contributed by atoms with van der Waals surface area (Å²) < 4.78 is 19.8. The average molecular weight is 452 g/mol. The molecule has 1 atom stereocenters. The lowest BCUT2D eigenvalue weighted by Gasteiger charge is -2.26. The molecule has 8 nitrogen and oxygen atoms in total. The number of alkyl halides is 1. The van der Waals surface area contributed by atoms with Crippen LogP contribution in [-0.4, -0.2) is 50.1 Å². The van der Waals surface area contributed by atoms with E-state index in [9.17, 15) is 19.1 Å². The number of aryl methyl sites for hydroxylation is 2.